The lowest BCUT2D eigenvalue weighted by molar-refractivity contribution is -0.130. The van der Waals surface area contributed by atoms with Gasteiger partial charge in [0, 0.05) is 11.3 Å². The summed E-state index contributed by atoms with van der Waals surface area (Å²) in [5, 5.41) is 8.56. The fourth-order valence-corrected chi connectivity index (χ4v) is 2.12. The lowest BCUT2D eigenvalue weighted by atomic mass is 9.78. The summed E-state index contributed by atoms with van der Waals surface area (Å²) in [5.74, 6) is 3.76. The Bertz CT molecular complexity index is 293. The zero-order chi connectivity index (χ0) is 12.3. The van der Waals surface area contributed by atoms with E-state index < -0.39 is 20.6 Å². The molecule has 3 nitrogen and oxygen atoms in total. The molecule has 4 heteroatoms. The number of carboxylic acids is 1. The van der Waals surface area contributed by atoms with Crippen LogP contribution in [0.2, 0.25) is 13.1 Å². The zero-order valence-electron chi connectivity index (χ0n) is 10.3. The lowest BCUT2D eigenvalue weighted by Crippen LogP contribution is -2.44. The summed E-state index contributed by atoms with van der Waals surface area (Å²) in [6.07, 6.45) is 0. The Hall–Kier alpha value is -0.793. The van der Waals surface area contributed by atoms with Crippen LogP contribution in [0.4, 0.5) is 0 Å². The highest BCUT2D eigenvalue weighted by Gasteiger charge is 2.37. The van der Waals surface area contributed by atoms with E-state index in [1.54, 1.807) is 0 Å². The normalized spacial score (nSPS) is 15.4. The second-order valence-corrected chi connectivity index (χ2v) is 6.87. The van der Waals surface area contributed by atoms with Gasteiger partial charge in [-0.05, 0) is 20.0 Å². The largest absolute Gasteiger partial charge is 0.472 e. The summed E-state index contributed by atoms with van der Waals surface area (Å²) in [7, 11) is -0.916. The number of rotatable bonds is 2. The Morgan fingerprint density at radius 2 is 1.73 bits per heavy atom. The fourth-order valence-electron chi connectivity index (χ4n) is 0.947. The number of hydrogen-bond donors (Lipinski definition) is 1. The molecule has 1 unspecified atom stereocenters. The molecule has 1 atom stereocenters. The molecule has 0 bridgehead atoms. The van der Waals surface area contributed by atoms with Crippen LogP contribution in [0.5, 0.6) is 0 Å². The van der Waals surface area contributed by atoms with Gasteiger partial charge in [0.05, 0.1) is 0 Å². The predicted octanol–water partition coefficient (Wildman–Crippen LogP) is 2.15. The number of aliphatic carboxylic acids is 1. The first-order chi connectivity index (χ1) is 6.58. The Morgan fingerprint density at radius 1 is 1.27 bits per heavy atom. The molecular formula is C11H19O3Si. The SMILES string of the molecule is C[Si](C)OC(C)(C#CC(=O)O)C(C)(C)C. The minimum Gasteiger partial charge on any atom is -0.472 e. The van der Waals surface area contributed by atoms with Crippen molar-refractivity contribution < 1.29 is 14.3 Å². The maximum Gasteiger partial charge on any atom is 0.382 e. The molecule has 0 fully saturated rings. The van der Waals surface area contributed by atoms with E-state index in [2.05, 4.69) is 11.8 Å². The first-order valence-electron chi connectivity index (χ1n) is 4.84. The molecule has 0 saturated carbocycles. The molecule has 85 valence electrons. The van der Waals surface area contributed by atoms with Gasteiger partial charge < -0.3 is 9.53 Å². The van der Waals surface area contributed by atoms with Crippen molar-refractivity contribution >= 4 is 15.0 Å². The zero-order valence-corrected chi connectivity index (χ0v) is 11.3. The van der Waals surface area contributed by atoms with Crippen molar-refractivity contribution in [1.29, 1.82) is 0 Å². The van der Waals surface area contributed by atoms with Gasteiger partial charge in [-0.2, -0.15) is 0 Å². The van der Waals surface area contributed by atoms with Crippen LogP contribution in [0.15, 0.2) is 0 Å². The van der Waals surface area contributed by atoms with E-state index >= 15 is 0 Å². The van der Waals surface area contributed by atoms with Crippen LogP contribution in [-0.2, 0) is 9.22 Å². The van der Waals surface area contributed by atoms with Gasteiger partial charge in [0.25, 0.3) is 0 Å². The summed E-state index contributed by atoms with van der Waals surface area (Å²) in [5.41, 5.74) is -0.916. The summed E-state index contributed by atoms with van der Waals surface area (Å²) in [4.78, 5) is 10.4. The van der Waals surface area contributed by atoms with Gasteiger partial charge in [0.1, 0.15) is 5.60 Å². The molecule has 0 aliphatic heterocycles. The number of carboxylic acid groups (broad SMARTS) is 1. The molecule has 0 aliphatic carbocycles. The molecule has 0 aromatic carbocycles. The first kappa shape index (κ1) is 14.2. The average Bonchev–Trinajstić information content (AvgIpc) is 1.97. The van der Waals surface area contributed by atoms with Crippen molar-refractivity contribution in [2.75, 3.05) is 0 Å². The van der Waals surface area contributed by atoms with Crippen molar-refractivity contribution in [2.24, 2.45) is 5.41 Å². The maximum atomic E-state index is 10.4. The van der Waals surface area contributed by atoms with Crippen LogP contribution >= 0.6 is 0 Å². The first-order valence-corrected chi connectivity index (χ1v) is 7.24. The van der Waals surface area contributed by atoms with Crippen molar-refractivity contribution in [1.82, 2.24) is 0 Å². The molecule has 0 aromatic rings. The summed E-state index contributed by atoms with van der Waals surface area (Å²) < 4.78 is 5.82. The van der Waals surface area contributed by atoms with Gasteiger partial charge in [-0.25, -0.2) is 4.79 Å². The van der Waals surface area contributed by atoms with E-state index in [0.717, 1.165) is 0 Å². The second-order valence-electron chi connectivity index (χ2n) is 4.85. The Kier molecular flexibility index (Phi) is 4.56. The summed E-state index contributed by atoms with van der Waals surface area (Å²) in [6.45, 7) is 11.9. The molecule has 0 spiro atoms. The third-order valence-corrected chi connectivity index (χ3v) is 3.06. The highest BCUT2D eigenvalue weighted by Crippen LogP contribution is 2.33. The second kappa shape index (κ2) is 4.82. The van der Waals surface area contributed by atoms with Crippen LogP contribution in [0, 0.1) is 17.3 Å². The van der Waals surface area contributed by atoms with Crippen LogP contribution in [0.3, 0.4) is 0 Å². The van der Waals surface area contributed by atoms with Gasteiger partial charge in [-0.15, -0.1) is 0 Å². The molecule has 0 aliphatic rings. The van der Waals surface area contributed by atoms with Gasteiger partial charge in [0.2, 0.25) is 9.04 Å². The van der Waals surface area contributed by atoms with Gasteiger partial charge in [-0.3, -0.25) is 0 Å². The third-order valence-electron chi connectivity index (χ3n) is 2.25. The molecule has 0 rings (SSSR count). The monoisotopic (exact) mass is 227 g/mol. The highest BCUT2D eigenvalue weighted by atomic mass is 28.3. The van der Waals surface area contributed by atoms with Crippen molar-refractivity contribution in [3.63, 3.8) is 0 Å². The van der Waals surface area contributed by atoms with E-state index in [0.29, 0.717) is 0 Å². The van der Waals surface area contributed by atoms with Crippen LogP contribution in [-0.4, -0.2) is 25.7 Å². The Morgan fingerprint density at radius 3 is 2.00 bits per heavy atom. The Balaban J connectivity index is 5.07. The molecule has 1 N–H and O–H groups in total. The van der Waals surface area contributed by atoms with Crippen molar-refractivity contribution in [3.8, 4) is 11.8 Å². The van der Waals surface area contributed by atoms with E-state index in [1.165, 1.54) is 0 Å². The summed E-state index contributed by atoms with van der Waals surface area (Å²) >= 11 is 0. The molecule has 1 radical (unpaired) electrons. The molecular weight excluding hydrogens is 208 g/mol. The van der Waals surface area contributed by atoms with Crippen molar-refractivity contribution in [3.05, 3.63) is 0 Å². The van der Waals surface area contributed by atoms with Crippen LogP contribution < -0.4 is 0 Å². The van der Waals surface area contributed by atoms with E-state index in [1.807, 2.05) is 40.8 Å². The number of carbonyl (C=O) groups is 1. The van der Waals surface area contributed by atoms with Gasteiger partial charge in [-0.1, -0.05) is 26.7 Å². The van der Waals surface area contributed by atoms with E-state index in [4.69, 9.17) is 9.53 Å². The van der Waals surface area contributed by atoms with Gasteiger partial charge >= 0.3 is 5.97 Å². The average molecular weight is 227 g/mol. The molecule has 0 saturated heterocycles. The number of hydrogen-bond acceptors (Lipinski definition) is 2. The molecule has 0 amide bonds. The van der Waals surface area contributed by atoms with E-state index in [-0.39, 0.29) is 5.41 Å². The quantitative estimate of drug-likeness (QED) is 0.581. The molecule has 0 heterocycles. The fraction of sp³-hybridized carbons (Fsp3) is 0.727. The minimum atomic E-state index is -1.12. The predicted molar refractivity (Wildman–Crippen MR) is 61.8 cm³/mol. The highest BCUT2D eigenvalue weighted by molar-refractivity contribution is 6.48. The lowest BCUT2D eigenvalue weighted by Gasteiger charge is -2.38. The molecule has 15 heavy (non-hydrogen) atoms. The minimum absolute atomic E-state index is 0.211. The third kappa shape index (κ3) is 4.50. The summed E-state index contributed by atoms with van der Waals surface area (Å²) in [6, 6.07) is 0. The van der Waals surface area contributed by atoms with Gasteiger partial charge in [0.15, 0.2) is 0 Å². The molecule has 0 aromatic heterocycles. The maximum absolute atomic E-state index is 10.4. The smallest absolute Gasteiger partial charge is 0.382 e. The van der Waals surface area contributed by atoms with Crippen LogP contribution in [0.25, 0.3) is 0 Å². The standard InChI is InChI=1S/C11H19O3Si/c1-10(2,3)11(4,14-15(5)6)8-7-9(12)13/h1-6H3,(H,12,13). The van der Waals surface area contributed by atoms with Crippen LogP contribution in [0.1, 0.15) is 27.7 Å². The van der Waals surface area contributed by atoms with Crippen molar-refractivity contribution in [2.45, 2.75) is 46.4 Å². The van der Waals surface area contributed by atoms with E-state index in [9.17, 15) is 4.79 Å². The topological polar surface area (TPSA) is 46.5 Å². The Labute approximate surface area is 93.6 Å².